The van der Waals surface area contributed by atoms with Crippen LogP contribution in [0.2, 0.25) is 0 Å². The fourth-order valence-electron chi connectivity index (χ4n) is 2.88. The van der Waals surface area contributed by atoms with Crippen LogP contribution in [0, 0.1) is 6.92 Å². The lowest BCUT2D eigenvalue weighted by molar-refractivity contribution is 0.101. The van der Waals surface area contributed by atoms with Gasteiger partial charge in [0.25, 0.3) is 11.7 Å². The van der Waals surface area contributed by atoms with Crippen molar-refractivity contribution >= 4 is 28.5 Å². The number of carbonyl (C=O) groups is 1. The van der Waals surface area contributed by atoms with Crippen LogP contribution in [-0.4, -0.2) is 30.5 Å². The molecular weight excluding hydrogens is 356 g/mol. The molecule has 5 rings (SSSR count). The average Bonchev–Trinajstić information content (AvgIpc) is 3.33. The molecule has 1 amide bonds. The van der Waals surface area contributed by atoms with Gasteiger partial charge in [-0.15, -0.1) is 5.10 Å². The predicted octanol–water partition coefficient (Wildman–Crippen LogP) is 3.49. The zero-order valence-electron chi connectivity index (χ0n) is 14.8. The van der Waals surface area contributed by atoms with Crippen LogP contribution >= 0.6 is 0 Å². The molecule has 5 aromatic rings. The molecule has 0 radical (unpaired) electrons. The number of amides is 1. The Kier molecular flexibility index (Phi) is 3.61. The number of fused-ring (bicyclic) bond motifs is 2. The molecule has 0 atom stereocenters. The van der Waals surface area contributed by atoms with Gasteiger partial charge in [-0.25, -0.2) is 14.5 Å². The highest BCUT2D eigenvalue weighted by Gasteiger charge is 2.15. The lowest BCUT2D eigenvalue weighted by Gasteiger charge is -2.03. The Morgan fingerprint density at radius 2 is 1.86 bits per heavy atom. The van der Waals surface area contributed by atoms with E-state index in [4.69, 9.17) is 4.42 Å². The molecular formula is C20H14N6O2. The molecule has 0 spiro atoms. The zero-order valence-corrected chi connectivity index (χ0v) is 14.8. The van der Waals surface area contributed by atoms with Gasteiger partial charge in [0.2, 0.25) is 11.7 Å². The first-order chi connectivity index (χ1) is 13.7. The van der Waals surface area contributed by atoms with Crippen LogP contribution in [0.4, 0.5) is 5.69 Å². The number of aromatic nitrogens is 5. The smallest absolute Gasteiger partial charge is 0.295 e. The summed E-state index contributed by atoms with van der Waals surface area (Å²) in [5, 5.41) is 6.99. The number of anilines is 1. The van der Waals surface area contributed by atoms with E-state index in [1.54, 1.807) is 24.4 Å². The van der Waals surface area contributed by atoms with Crippen molar-refractivity contribution in [2.75, 3.05) is 5.32 Å². The molecule has 8 nitrogen and oxygen atoms in total. The molecule has 2 aromatic carbocycles. The minimum atomic E-state index is -0.403. The number of carbonyl (C=O) groups excluding carboxylic acids is 1. The fourth-order valence-corrected chi connectivity index (χ4v) is 2.88. The summed E-state index contributed by atoms with van der Waals surface area (Å²) in [6, 6.07) is 16.6. The maximum absolute atomic E-state index is 12.5. The normalized spacial score (nSPS) is 11.2. The number of hydrogen-bond acceptors (Lipinski definition) is 6. The molecule has 0 fully saturated rings. The number of para-hydroxylation sites is 2. The van der Waals surface area contributed by atoms with Crippen LogP contribution in [0.5, 0.6) is 0 Å². The Bertz CT molecular complexity index is 1290. The molecule has 8 heteroatoms. The van der Waals surface area contributed by atoms with Gasteiger partial charge in [-0.3, -0.25) is 4.79 Å². The molecule has 28 heavy (non-hydrogen) atoms. The van der Waals surface area contributed by atoms with E-state index in [1.165, 1.54) is 4.52 Å². The monoisotopic (exact) mass is 370 g/mol. The molecule has 0 aliphatic carbocycles. The van der Waals surface area contributed by atoms with E-state index in [1.807, 2.05) is 43.3 Å². The summed E-state index contributed by atoms with van der Waals surface area (Å²) in [7, 11) is 0. The highest BCUT2D eigenvalue weighted by Crippen LogP contribution is 2.25. The molecule has 3 heterocycles. The third-order valence-corrected chi connectivity index (χ3v) is 4.32. The predicted molar refractivity (Wildman–Crippen MR) is 103 cm³/mol. The van der Waals surface area contributed by atoms with Gasteiger partial charge in [-0.1, -0.05) is 12.1 Å². The molecule has 136 valence electrons. The van der Waals surface area contributed by atoms with Crippen LogP contribution in [0.25, 0.3) is 28.3 Å². The Morgan fingerprint density at radius 1 is 1.04 bits per heavy atom. The first-order valence-electron chi connectivity index (χ1n) is 8.63. The number of benzene rings is 2. The Morgan fingerprint density at radius 3 is 2.64 bits per heavy atom. The summed E-state index contributed by atoms with van der Waals surface area (Å²) < 4.78 is 7.29. The fraction of sp³-hybridized carbons (Fsp3) is 0.0500. The van der Waals surface area contributed by atoms with E-state index in [9.17, 15) is 4.79 Å². The second-order valence-electron chi connectivity index (χ2n) is 6.25. The summed E-state index contributed by atoms with van der Waals surface area (Å²) in [6.07, 6.45) is 1.63. The highest BCUT2D eigenvalue weighted by molar-refractivity contribution is 6.01. The first-order valence-corrected chi connectivity index (χ1v) is 8.63. The van der Waals surface area contributed by atoms with Crippen LogP contribution in [0.15, 0.2) is 65.2 Å². The van der Waals surface area contributed by atoms with Crippen LogP contribution < -0.4 is 5.32 Å². The van der Waals surface area contributed by atoms with Crippen molar-refractivity contribution < 1.29 is 9.21 Å². The summed E-state index contributed by atoms with van der Waals surface area (Å²) in [4.78, 5) is 25.2. The summed E-state index contributed by atoms with van der Waals surface area (Å²) in [6.45, 7) is 1.87. The minimum absolute atomic E-state index is 0.0600. The number of oxazole rings is 1. The molecule has 3 aromatic heterocycles. The van der Waals surface area contributed by atoms with Crippen LogP contribution in [-0.2, 0) is 0 Å². The quantitative estimate of drug-likeness (QED) is 0.522. The number of nitrogens with one attached hydrogen (secondary N) is 1. The number of hydrogen-bond donors (Lipinski definition) is 1. The number of aryl methyl sites for hydroxylation is 1. The highest BCUT2D eigenvalue weighted by atomic mass is 16.3. The summed E-state index contributed by atoms with van der Waals surface area (Å²) in [5.41, 5.74) is 3.82. The maximum atomic E-state index is 12.5. The van der Waals surface area contributed by atoms with E-state index in [0.29, 0.717) is 17.4 Å². The molecule has 0 saturated carbocycles. The topological polar surface area (TPSA) is 98.2 Å². The van der Waals surface area contributed by atoms with Gasteiger partial charge in [0, 0.05) is 23.1 Å². The Labute approximate surface area is 158 Å². The second-order valence-corrected chi connectivity index (χ2v) is 6.25. The Hall–Kier alpha value is -4.07. The van der Waals surface area contributed by atoms with Gasteiger partial charge in [0.05, 0.1) is 0 Å². The molecule has 0 aliphatic heterocycles. The van der Waals surface area contributed by atoms with E-state index >= 15 is 0 Å². The summed E-state index contributed by atoms with van der Waals surface area (Å²) >= 11 is 0. The van der Waals surface area contributed by atoms with Crippen molar-refractivity contribution in [3.8, 4) is 11.5 Å². The molecule has 0 aliphatic rings. The largest absolute Gasteiger partial charge is 0.436 e. The Balaban J connectivity index is 1.38. The first kappa shape index (κ1) is 16.1. The third kappa shape index (κ3) is 2.77. The number of rotatable bonds is 3. The van der Waals surface area contributed by atoms with Crippen molar-refractivity contribution in [1.29, 1.82) is 0 Å². The van der Waals surface area contributed by atoms with Gasteiger partial charge < -0.3 is 9.73 Å². The van der Waals surface area contributed by atoms with Crippen LogP contribution in [0.3, 0.4) is 0 Å². The molecule has 1 N–H and O–H groups in total. The van der Waals surface area contributed by atoms with Gasteiger partial charge >= 0.3 is 0 Å². The van der Waals surface area contributed by atoms with Crippen molar-refractivity contribution in [1.82, 2.24) is 24.6 Å². The summed E-state index contributed by atoms with van der Waals surface area (Å²) in [5.74, 6) is 0.573. The van der Waals surface area contributed by atoms with Crippen molar-refractivity contribution in [2.45, 2.75) is 6.92 Å². The molecule has 0 unspecified atom stereocenters. The lowest BCUT2D eigenvalue weighted by Crippen LogP contribution is -2.14. The van der Waals surface area contributed by atoms with Gasteiger partial charge in [-0.2, -0.15) is 4.98 Å². The average molecular weight is 370 g/mol. The number of nitrogens with zero attached hydrogens (tertiary/aromatic N) is 5. The van der Waals surface area contributed by atoms with Crippen molar-refractivity contribution in [2.24, 2.45) is 0 Å². The van der Waals surface area contributed by atoms with E-state index in [2.05, 4.69) is 25.4 Å². The lowest BCUT2D eigenvalue weighted by atomic mass is 10.2. The van der Waals surface area contributed by atoms with Crippen molar-refractivity contribution in [3.05, 3.63) is 72.3 Å². The van der Waals surface area contributed by atoms with Gasteiger partial charge in [0.15, 0.2) is 5.58 Å². The standard InChI is InChI=1S/C20H14N6O2/c1-12-10-11-21-20-24-17(25-26(12)20)18(27)22-14-8-6-13(7-9-14)19-23-15-4-2-3-5-16(15)28-19/h2-11H,1H3,(H,22,27). The minimum Gasteiger partial charge on any atom is -0.436 e. The third-order valence-electron chi connectivity index (χ3n) is 4.32. The second kappa shape index (κ2) is 6.27. The van der Waals surface area contributed by atoms with E-state index in [0.717, 1.165) is 22.4 Å². The van der Waals surface area contributed by atoms with Crippen LogP contribution in [0.1, 0.15) is 16.3 Å². The molecule has 0 bridgehead atoms. The molecule has 0 saturated heterocycles. The van der Waals surface area contributed by atoms with Gasteiger partial charge in [-0.05, 0) is 49.4 Å². The maximum Gasteiger partial charge on any atom is 0.295 e. The van der Waals surface area contributed by atoms with Crippen molar-refractivity contribution in [3.63, 3.8) is 0 Å². The van der Waals surface area contributed by atoms with E-state index in [-0.39, 0.29) is 5.82 Å². The van der Waals surface area contributed by atoms with E-state index < -0.39 is 5.91 Å². The SMILES string of the molecule is Cc1ccnc2nc(C(=O)Nc3ccc(-c4nc5ccccc5o4)cc3)nn12. The zero-order chi connectivity index (χ0) is 19.1. The van der Waals surface area contributed by atoms with Gasteiger partial charge in [0.1, 0.15) is 5.52 Å².